The molecule has 0 unspecified atom stereocenters. The Balaban J connectivity index is 1.62. The van der Waals surface area contributed by atoms with E-state index in [0.29, 0.717) is 28.8 Å². The number of urea groups is 1. The van der Waals surface area contributed by atoms with Gasteiger partial charge >= 0.3 is 6.03 Å². The standard InChI is InChI=1S/C20H26Cl2N4O2/c1-24-7-2-4-17(24)15-26(9-3-8-25-10-12-28-13-11-25)20(27)23-16-5-6-18(21)19(22)14-16/h2,4-7,14H,3,8-13,15H2,1H3,(H,23,27). The Bertz CT molecular complexity index is 790. The lowest BCUT2D eigenvalue weighted by Gasteiger charge is -2.28. The van der Waals surface area contributed by atoms with E-state index in [-0.39, 0.29) is 6.03 Å². The second-order valence-corrected chi connectivity index (χ2v) is 7.71. The van der Waals surface area contributed by atoms with Crippen LogP contribution in [0.15, 0.2) is 36.5 Å². The number of amides is 2. The zero-order valence-corrected chi connectivity index (χ0v) is 17.5. The Morgan fingerprint density at radius 3 is 2.68 bits per heavy atom. The van der Waals surface area contributed by atoms with E-state index in [9.17, 15) is 4.79 Å². The van der Waals surface area contributed by atoms with Gasteiger partial charge in [0.05, 0.1) is 29.8 Å². The molecule has 0 saturated carbocycles. The van der Waals surface area contributed by atoms with E-state index >= 15 is 0 Å². The number of aromatic nitrogens is 1. The maximum atomic E-state index is 12.9. The molecule has 0 atom stereocenters. The summed E-state index contributed by atoms with van der Waals surface area (Å²) in [6, 6.07) is 8.96. The summed E-state index contributed by atoms with van der Waals surface area (Å²) in [5.41, 5.74) is 1.71. The minimum absolute atomic E-state index is 0.151. The number of aryl methyl sites for hydroxylation is 1. The fraction of sp³-hybridized carbons (Fsp3) is 0.450. The van der Waals surface area contributed by atoms with Crippen LogP contribution in [-0.4, -0.2) is 59.8 Å². The monoisotopic (exact) mass is 424 g/mol. The molecule has 152 valence electrons. The van der Waals surface area contributed by atoms with E-state index in [4.69, 9.17) is 27.9 Å². The van der Waals surface area contributed by atoms with Gasteiger partial charge in [0.2, 0.25) is 0 Å². The average molecular weight is 425 g/mol. The molecule has 8 heteroatoms. The van der Waals surface area contributed by atoms with Crippen LogP contribution in [0, 0.1) is 0 Å². The quantitative estimate of drug-likeness (QED) is 0.727. The van der Waals surface area contributed by atoms with E-state index < -0.39 is 0 Å². The third-order valence-corrected chi connectivity index (χ3v) is 5.61. The van der Waals surface area contributed by atoms with Crippen LogP contribution in [0.2, 0.25) is 10.0 Å². The Morgan fingerprint density at radius 1 is 1.21 bits per heavy atom. The van der Waals surface area contributed by atoms with E-state index in [1.807, 2.05) is 34.8 Å². The third kappa shape index (κ3) is 5.88. The molecule has 2 heterocycles. The molecule has 28 heavy (non-hydrogen) atoms. The van der Waals surface area contributed by atoms with Crippen molar-refractivity contribution in [3.63, 3.8) is 0 Å². The van der Waals surface area contributed by atoms with Gasteiger partial charge in [0.1, 0.15) is 0 Å². The molecule has 0 radical (unpaired) electrons. The molecule has 6 nitrogen and oxygen atoms in total. The van der Waals surface area contributed by atoms with Crippen molar-refractivity contribution in [3.8, 4) is 0 Å². The van der Waals surface area contributed by atoms with Gasteiger partial charge in [-0.05, 0) is 36.8 Å². The predicted molar refractivity (Wildman–Crippen MR) is 113 cm³/mol. The third-order valence-electron chi connectivity index (χ3n) is 4.87. The smallest absolute Gasteiger partial charge is 0.322 e. The van der Waals surface area contributed by atoms with Gasteiger partial charge in [0.25, 0.3) is 0 Å². The van der Waals surface area contributed by atoms with Crippen LogP contribution in [0.25, 0.3) is 0 Å². The lowest BCUT2D eigenvalue weighted by molar-refractivity contribution is 0.0365. The van der Waals surface area contributed by atoms with Crippen LogP contribution in [0.4, 0.5) is 10.5 Å². The van der Waals surface area contributed by atoms with Gasteiger partial charge in [-0.2, -0.15) is 0 Å². The fourth-order valence-corrected chi connectivity index (χ4v) is 3.49. The van der Waals surface area contributed by atoms with Crippen molar-refractivity contribution in [3.05, 3.63) is 52.3 Å². The molecule has 1 aromatic heterocycles. The van der Waals surface area contributed by atoms with Crippen LogP contribution in [0.5, 0.6) is 0 Å². The number of hydrogen-bond acceptors (Lipinski definition) is 3. The molecule has 1 saturated heterocycles. The number of hydrogen-bond donors (Lipinski definition) is 1. The van der Waals surface area contributed by atoms with E-state index in [2.05, 4.69) is 10.2 Å². The van der Waals surface area contributed by atoms with Crippen LogP contribution < -0.4 is 5.32 Å². The summed E-state index contributed by atoms with van der Waals surface area (Å²) >= 11 is 12.0. The Kier molecular flexibility index (Phi) is 7.62. The number of rotatable bonds is 7. The van der Waals surface area contributed by atoms with Gasteiger partial charge < -0.3 is 19.5 Å². The van der Waals surface area contributed by atoms with Gasteiger partial charge in [0, 0.05) is 50.8 Å². The molecule has 2 aromatic rings. The highest BCUT2D eigenvalue weighted by molar-refractivity contribution is 6.42. The SMILES string of the molecule is Cn1cccc1CN(CCCN1CCOCC1)C(=O)Nc1ccc(Cl)c(Cl)c1. The van der Waals surface area contributed by atoms with Crippen LogP contribution in [0.1, 0.15) is 12.1 Å². The number of nitrogens with one attached hydrogen (secondary N) is 1. The molecule has 1 N–H and O–H groups in total. The zero-order valence-electron chi connectivity index (χ0n) is 16.0. The lowest BCUT2D eigenvalue weighted by atomic mass is 10.3. The van der Waals surface area contributed by atoms with Gasteiger partial charge in [-0.15, -0.1) is 0 Å². The number of halogens is 2. The number of benzene rings is 1. The summed E-state index contributed by atoms with van der Waals surface area (Å²) < 4.78 is 7.42. The van der Waals surface area contributed by atoms with Crippen LogP contribution in [0.3, 0.4) is 0 Å². The largest absolute Gasteiger partial charge is 0.379 e. The number of morpholine rings is 1. The van der Waals surface area contributed by atoms with E-state index in [0.717, 1.165) is 45.0 Å². The summed E-state index contributed by atoms with van der Waals surface area (Å²) in [5, 5.41) is 3.81. The molecule has 2 amide bonds. The summed E-state index contributed by atoms with van der Waals surface area (Å²) in [5.74, 6) is 0. The predicted octanol–water partition coefficient (Wildman–Crippen LogP) is 4.09. The van der Waals surface area contributed by atoms with Crippen molar-refractivity contribution in [1.82, 2.24) is 14.4 Å². The van der Waals surface area contributed by atoms with Gasteiger partial charge in [-0.3, -0.25) is 4.90 Å². The van der Waals surface area contributed by atoms with Gasteiger partial charge in [-0.25, -0.2) is 4.79 Å². The Morgan fingerprint density at radius 2 is 2.00 bits per heavy atom. The van der Waals surface area contributed by atoms with Crippen LogP contribution in [-0.2, 0) is 18.3 Å². The van der Waals surface area contributed by atoms with Crippen molar-refractivity contribution >= 4 is 34.9 Å². The number of ether oxygens (including phenoxy) is 1. The molecular formula is C20H26Cl2N4O2. The highest BCUT2D eigenvalue weighted by Crippen LogP contribution is 2.25. The second kappa shape index (κ2) is 10.2. The minimum atomic E-state index is -0.151. The summed E-state index contributed by atoms with van der Waals surface area (Å²) in [6.07, 6.45) is 2.89. The number of carbonyl (C=O) groups is 1. The van der Waals surface area contributed by atoms with Crippen molar-refractivity contribution in [2.24, 2.45) is 7.05 Å². The number of anilines is 1. The maximum absolute atomic E-state index is 12.9. The summed E-state index contributed by atoms with van der Waals surface area (Å²) in [7, 11) is 1.98. The van der Waals surface area contributed by atoms with Crippen molar-refractivity contribution in [2.45, 2.75) is 13.0 Å². The lowest BCUT2D eigenvalue weighted by Crippen LogP contribution is -2.40. The summed E-state index contributed by atoms with van der Waals surface area (Å²) in [6.45, 7) is 5.62. The molecular weight excluding hydrogens is 399 g/mol. The first-order chi connectivity index (χ1) is 13.5. The van der Waals surface area contributed by atoms with Crippen molar-refractivity contribution in [2.75, 3.05) is 44.7 Å². The molecule has 1 aliphatic rings. The average Bonchev–Trinajstić information content (AvgIpc) is 3.09. The molecule has 0 aliphatic carbocycles. The van der Waals surface area contributed by atoms with E-state index in [1.54, 1.807) is 18.2 Å². The van der Waals surface area contributed by atoms with Crippen molar-refractivity contribution in [1.29, 1.82) is 0 Å². The Labute approximate surface area is 176 Å². The number of carbonyl (C=O) groups excluding carboxylic acids is 1. The van der Waals surface area contributed by atoms with E-state index in [1.165, 1.54) is 0 Å². The molecule has 1 fully saturated rings. The minimum Gasteiger partial charge on any atom is -0.379 e. The molecule has 3 rings (SSSR count). The number of nitrogens with zero attached hydrogens (tertiary/aromatic N) is 3. The zero-order chi connectivity index (χ0) is 19.9. The van der Waals surface area contributed by atoms with Crippen LogP contribution >= 0.6 is 23.2 Å². The van der Waals surface area contributed by atoms with Crippen molar-refractivity contribution < 1.29 is 9.53 Å². The normalized spacial score (nSPS) is 14.8. The first-order valence-corrected chi connectivity index (χ1v) is 10.2. The fourth-order valence-electron chi connectivity index (χ4n) is 3.20. The molecule has 1 aromatic carbocycles. The molecule has 0 bridgehead atoms. The molecule has 1 aliphatic heterocycles. The van der Waals surface area contributed by atoms with Gasteiger partial charge in [-0.1, -0.05) is 23.2 Å². The first kappa shape index (κ1) is 21.0. The maximum Gasteiger partial charge on any atom is 0.322 e. The highest BCUT2D eigenvalue weighted by Gasteiger charge is 2.17. The first-order valence-electron chi connectivity index (χ1n) is 9.44. The highest BCUT2D eigenvalue weighted by atomic mass is 35.5. The second-order valence-electron chi connectivity index (χ2n) is 6.90. The topological polar surface area (TPSA) is 49.7 Å². The van der Waals surface area contributed by atoms with Gasteiger partial charge in [0.15, 0.2) is 0 Å². The summed E-state index contributed by atoms with van der Waals surface area (Å²) in [4.78, 5) is 17.1. The Hall–Kier alpha value is -1.73. The molecule has 0 spiro atoms.